The average molecular weight is 234 g/mol. The summed E-state index contributed by atoms with van der Waals surface area (Å²) >= 11 is 1.72. The maximum atomic E-state index is 9.42. The molecular formula is C14H18OS. The number of aliphatic hydroxyl groups excluding tert-OH is 1. The molecule has 1 aromatic rings. The van der Waals surface area contributed by atoms with Crippen LogP contribution in [0.1, 0.15) is 26.7 Å². The number of aliphatic hydroxyl groups is 1. The van der Waals surface area contributed by atoms with Crippen LogP contribution in [0, 0.1) is 11.8 Å². The van der Waals surface area contributed by atoms with Crippen molar-refractivity contribution in [2.45, 2.75) is 42.9 Å². The normalized spacial score (nSPS) is 13.7. The minimum absolute atomic E-state index is 0.183. The van der Waals surface area contributed by atoms with Crippen LogP contribution in [0.3, 0.4) is 0 Å². The Morgan fingerprint density at radius 2 is 2.00 bits per heavy atom. The predicted octanol–water partition coefficient (Wildman–Crippen LogP) is 3.33. The summed E-state index contributed by atoms with van der Waals surface area (Å²) in [5.41, 5.74) is 0. The second-order valence-corrected chi connectivity index (χ2v) is 4.96. The summed E-state index contributed by atoms with van der Waals surface area (Å²) in [5.74, 6) is 6.29. The van der Waals surface area contributed by atoms with Gasteiger partial charge in [-0.3, -0.25) is 0 Å². The molecule has 1 nitrogen and oxygen atoms in total. The summed E-state index contributed by atoms with van der Waals surface area (Å²) in [6, 6.07) is 10.2. The monoisotopic (exact) mass is 234 g/mol. The van der Waals surface area contributed by atoms with Gasteiger partial charge in [0.1, 0.15) is 0 Å². The largest absolute Gasteiger partial charge is 0.393 e. The fraction of sp³-hybridized carbons (Fsp3) is 0.429. The van der Waals surface area contributed by atoms with Crippen molar-refractivity contribution in [2.75, 3.05) is 0 Å². The lowest BCUT2D eigenvalue weighted by Crippen LogP contribution is -2.10. The molecule has 0 fully saturated rings. The molecule has 1 N–H and O–H groups in total. The minimum atomic E-state index is -0.299. The van der Waals surface area contributed by atoms with Gasteiger partial charge < -0.3 is 5.11 Å². The van der Waals surface area contributed by atoms with Crippen molar-refractivity contribution in [3.63, 3.8) is 0 Å². The van der Waals surface area contributed by atoms with E-state index in [1.54, 1.807) is 11.8 Å². The first-order valence-electron chi connectivity index (χ1n) is 5.60. The van der Waals surface area contributed by atoms with Gasteiger partial charge in [0, 0.05) is 11.3 Å². The lowest BCUT2D eigenvalue weighted by molar-refractivity contribution is 0.188. The Balaban J connectivity index is 2.63. The zero-order valence-electron chi connectivity index (χ0n) is 9.81. The Bertz CT molecular complexity index is 348. The molecule has 0 unspecified atom stereocenters. The summed E-state index contributed by atoms with van der Waals surface area (Å²) in [6.07, 6.45) is 1.28. The van der Waals surface area contributed by atoms with E-state index in [1.165, 1.54) is 4.90 Å². The molecule has 0 spiro atoms. The molecule has 0 radical (unpaired) electrons. The van der Waals surface area contributed by atoms with Crippen molar-refractivity contribution in [3.05, 3.63) is 30.3 Å². The number of hydrogen-bond acceptors (Lipinski definition) is 2. The van der Waals surface area contributed by atoms with E-state index in [-0.39, 0.29) is 11.4 Å². The van der Waals surface area contributed by atoms with Gasteiger partial charge in [0.2, 0.25) is 0 Å². The SMILES string of the molecule is CCC#C[C@H](C[C@@H](C)O)Sc1ccccc1. The van der Waals surface area contributed by atoms with Crippen molar-refractivity contribution >= 4 is 11.8 Å². The molecule has 0 aliphatic rings. The summed E-state index contributed by atoms with van der Waals surface area (Å²) in [6.45, 7) is 3.85. The van der Waals surface area contributed by atoms with Crippen LogP contribution in [0.5, 0.6) is 0 Å². The summed E-state index contributed by atoms with van der Waals surface area (Å²) in [4.78, 5) is 1.21. The van der Waals surface area contributed by atoms with E-state index in [1.807, 2.05) is 32.0 Å². The van der Waals surface area contributed by atoms with Crippen molar-refractivity contribution in [2.24, 2.45) is 0 Å². The Hall–Kier alpha value is -0.910. The topological polar surface area (TPSA) is 20.2 Å². The first kappa shape index (κ1) is 13.2. The molecule has 2 atom stereocenters. The van der Waals surface area contributed by atoms with Gasteiger partial charge in [-0.1, -0.05) is 31.0 Å². The lowest BCUT2D eigenvalue weighted by atomic mass is 10.2. The van der Waals surface area contributed by atoms with E-state index >= 15 is 0 Å². The fourth-order valence-electron chi connectivity index (χ4n) is 1.33. The molecule has 0 aliphatic heterocycles. The highest BCUT2D eigenvalue weighted by Gasteiger charge is 2.10. The van der Waals surface area contributed by atoms with E-state index in [2.05, 4.69) is 24.0 Å². The summed E-state index contributed by atoms with van der Waals surface area (Å²) in [7, 11) is 0. The van der Waals surface area contributed by atoms with Crippen molar-refractivity contribution < 1.29 is 5.11 Å². The highest BCUT2D eigenvalue weighted by Crippen LogP contribution is 2.25. The van der Waals surface area contributed by atoms with Gasteiger partial charge in [-0.25, -0.2) is 0 Å². The molecule has 0 saturated heterocycles. The third-order valence-corrected chi connectivity index (χ3v) is 3.16. The molecule has 1 aromatic carbocycles. The van der Waals surface area contributed by atoms with Crippen LogP contribution in [0.15, 0.2) is 35.2 Å². The summed E-state index contributed by atoms with van der Waals surface area (Å²) in [5, 5.41) is 9.60. The maximum absolute atomic E-state index is 9.42. The van der Waals surface area contributed by atoms with Crippen molar-refractivity contribution in [1.82, 2.24) is 0 Å². The van der Waals surface area contributed by atoms with Gasteiger partial charge in [0.25, 0.3) is 0 Å². The molecule has 0 aromatic heterocycles. The van der Waals surface area contributed by atoms with Crippen LogP contribution in [0.4, 0.5) is 0 Å². The Labute approximate surface area is 102 Å². The van der Waals surface area contributed by atoms with Gasteiger partial charge >= 0.3 is 0 Å². The van der Waals surface area contributed by atoms with E-state index in [9.17, 15) is 5.11 Å². The molecule has 0 saturated carbocycles. The van der Waals surface area contributed by atoms with Crippen LogP contribution in [-0.2, 0) is 0 Å². The molecule has 0 aliphatic carbocycles. The maximum Gasteiger partial charge on any atom is 0.0728 e. The van der Waals surface area contributed by atoms with Gasteiger partial charge in [0.15, 0.2) is 0 Å². The zero-order valence-corrected chi connectivity index (χ0v) is 10.6. The highest BCUT2D eigenvalue weighted by molar-refractivity contribution is 8.00. The molecule has 86 valence electrons. The van der Waals surface area contributed by atoms with E-state index in [0.717, 1.165) is 6.42 Å². The number of rotatable bonds is 4. The average Bonchev–Trinajstić information content (AvgIpc) is 2.26. The van der Waals surface area contributed by atoms with Crippen LogP contribution < -0.4 is 0 Å². The lowest BCUT2D eigenvalue weighted by Gasteiger charge is -2.12. The Morgan fingerprint density at radius 1 is 1.31 bits per heavy atom. The molecule has 0 amide bonds. The summed E-state index contributed by atoms with van der Waals surface area (Å²) < 4.78 is 0. The second kappa shape index (κ2) is 7.38. The number of thioether (sulfide) groups is 1. The van der Waals surface area contributed by atoms with Gasteiger partial charge in [-0.15, -0.1) is 17.7 Å². The molecule has 0 heterocycles. The van der Waals surface area contributed by atoms with E-state index in [4.69, 9.17) is 0 Å². The smallest absolute Gasteiger partial charge is 0.0728 e. The molecule has 16 heavy (non-hydrogen) atoms. The van der Waals surface area contributed by atoms with Crippen LogP contribution in [0.2, 0.25) is 0 Å². The first-order chi connectivity index (χ1) is 7.72. The number of benzene rings is 1. The number of hydrogen-bond donors (Lipinski definition) is 1. The van der Waals surface area contributed by atoms with E-state index in [0.29, 0.717) is 6.42 Å². The molecular weight excluding hydrogens is 216 g/mol. The van der Waals surface area contributed by atoms with Crippen LogP contribution in [0.25, 0.3) is 0 Å². The van der Waals surface area contributed by atoms with Crippen LogP contribution >= 0.6 is 11.8 Å². The van der Waals surface area contributed by atoms with Gasteiger partial charge in [0.05, 0.1) is 11.4 Å². The minimum Gasteiger partial charge on any atom is -0.393 e. The fourth-order valence-corrected chi connectivity index (χ4v) is 2.49. The molecule has 2 heteroatoms. The quantitative estimate of drug-likeness (QED) is 0.637. The Kier molecular flexibility index (Phi) is 6.07. The van der Waals surface area contributed by atoms with Gasteiger partial charge in [-0.05, 0) is 25.5 Å². The molecule has 1 rings (SSSR count). The standard InChI is InChI=1S/C14H18OS/c1-3-4-8-14(11-12(2)15)16-13-9-6-5-7-10-13/h5-7,9-10,12,14-15H,3,11H2,1-2H3/t12-,14-/m1/s1. The third-order valence-electron chi connectivity index (χ3n) is 2.02. The first-order valence-corrected chi connectivity index (χ1v) is 6.48. The van der Waals surface area contributed by atoms with Gasteiger partial charge in [-0.2, -0.15) is 0 Å². The third kappa shape index (κ3) is 5.25. The predicted molar refractivity (Wildman–Crippen MR) is 70.5 cm³/mol. The second-order valence-electron chi connectivity index (χ2n) is 3.68. The van der Waals surface area contributed by atoms with Crippen LogP contribution in [-0.4, -0.2) is 16.5 Å². The van der Waals surface area contributed by atoms with Crippen molar-refractivity contribution in [1.29, 1.82) is 0 Å². The molecule has 0 bridgehead atoms. The Morgan fingerprint density at radius 3 is 2.56 bits per heavy atom. The van der Waals surface area contributed by atoms with Crippen molar-refractivity contribution in [3.8, 4) is 11.8 Å². The van der Waals surface area contributed by atoms with E-state index < -0.39 is 0 Å². The zero-order chi connectivity index (χ0) is 11.8. The highest BCUT2D eigenvalue weighted by atomic mass is 32.2.